The van der Waals surface area contributed by atoms with Crippen LogP contribution in [-0.2, 0) is 17.9 Å². The summed E-state index contributed by atoms with van der Waals surface area (Å²) in [7, 11) is 3.20. The smallest absolute Gasteiger partial charge is 0.237 e. The number of nitrogens with one attached hydrogen (secondary N) is 1. The summed E-state index contributed by atoms with van der Waals surface area (Å²) >= 11 is 0. The number of halogens is 1. The second-order valence-corrected chi connectivity index (χ2v) is 7.88. The molecule has 1 aliphatic rings. The van der Waals surface area contributed by atoms with E-state index in [1.807, 2.05) is 37.3 Å². The minimum Gasteiger partial charge on any atom is -0.493 e. The summed E-state index contributed by atoms with van der Waals surface area (Å²) in [5.41, 5.74) is 2.06. The van der Waals surface area contributed by atoms with E-state index in [1.54, 1.807) is 14.2 Å². The molecule has 1 aliphatic heterocycles. The average molecular weight is 430 g/mol. The van der Waals surface area contributed by atoms with E-state index in [2.05, 4.69) is 15.1 Å². The van der Waals surface area contributed by atoms with Crippen molar-refractivity contribution in [2.45, 2.75) is 32.5 Å². The van der Waals surface area contributed by atoms with Gasteiger partial charge in [-0.2, -0.15) is 0 Å². The molecule has 1 saturated heterocycles. The van der Waals surface area contributed by atoms with Crippen molar-refractivity contribution in [2.75, 3.05) is 40.4 Å². The first-order valence-electron chi connectivity index (χ1n) is 10.7. The van der Waals surface area contributed by atoms with Crippen LogP contribution in [-0.4, -0.2) is 62.1 Å². The SMILES string of the molecule is COc1ccc(CNC(=O)[C@@H](C)N2CCCN(Cc3ccc(F)cc3)CC2)cc1OC. The third-order valence-electron chi connectivity index (χ3n) is 5.78. The molecule has 0 spiro atoms. The molecule has 1 fully saturated rings. The fourth-order valence-corrected chi connectivity index (χ4v) is 3.88. The molecule has 3 rings (SSSR count). The standard InChI is InChI=1S/C24H32FN3O3/c1-18(24(29)26-16-20-7-10-22(30-2)23(15-20)31-3)28-12-4-11-27(13-14-28)17-19-5-8-21(25)9-6-19/h5-10,15,18H,4,11-14,16-17H2,1-3H3,(H,26,29)/t18-/m1/s1. The van der Waals surface area contributed by atoms with Gasteiger partial charge in [0.05, 0.1) is 20.3 Å². The van der Waals surface area contributed by atoms with Crippen molar-refractivity contribution in [1.82, 2.24) is 15.1 Å². The number of rotatable bonds is 8. The molecule has 31 heavy (non-hydrogen) atoms. The van der Waals surface area contributed by atoms with E-state index >= 15 is 0 Å². The van der Waals surface area contributed by atoms with Crippen LogP contribution in [0.4, 0.5) is 4.39 Å². The number of amides is 1. The zero-order valence-electron chi connectivity index (χ0n) is 18.6. The van der Waals surface area contributed by atoms with Crippen LogP contribution < -0.4 is 14.8 Å². The maximum Gasteiger partial charge on any atom is 0.237 e. The first-order chi connectivity index (χ1) is 15.0. The van der Waals surface area contributed by atoms with Crippen LogP contribution >= 0.6 is 0 Å². The lowest BCUT2D eigenvalue weighted by Crippen LogP contribution is -2.46. The van der Waals surface area contributed by atoms with Crippen LogP contribution in [0, 0.1) is 5.82 Å². The molecule has 1 amide bonds. The van der Waals surface area contributed by atoms with Gasteiger partial charge in [0.15, 0.2) is 11.5 Å². The van der Waals surface area contributed by atoms with Gasteiger partial charge in [0.1, 0.15) is 5.82 Å². The number of hydrogen-bond donors (Lipinski definition) is 1. The van der Waals surface area contributed by atoms with Crippen LogP contribution in [0.25, 0.3) is 0 Å². The number of methoxy groups -OCH3 is 2. The third kappa shape index (κ3) is 6.42. The van der Waals surface area contributed by atoms with E-state index in [0.717, 1.165) is 50.3 Å². The van der Waals surface area contributed by atoms with Crippen LogP contribution in [0.2, 0.25) is 0 Å². The molecular weight excluding hydrogens is 397 g/mol. The Balaban J connectivity index is 1.49. The summed E-state index contributed by atoms with van der Waals surface area (Å²) in [5.74, 6) is 1.12. The highest BCUT2D eigenvalue weighted by atomic mass is 19.1. The zero-order chi connectivity index (χ0) is 22.2. The number of benzene rings is 2. The minimum atomic E-state index is -0.210. The summed E-state index contributed by atoms with van der Waals surface area (Å²) in [5, 5.41) is 3.04. The Labute approximate surface area is 183 Å². The monoisotopic (exact) mass is 429 g/mol. The highest BCUT2D eigenvalue weighted by Gasteiger charge is 2.24. The molecule has 0 saturated carbocycles. The molecule has 2 aromatic carbocycles. The summed E-state index contributed by atoms with van der Waals surface area (Å²) in [6.45, 7) is 6.75. The number of carbonyl (C=O) groups is 1. The van der Waals surface area contributed by atoms with Gasteiger partial charge in [-0.25, -0.2) is 4.39 Å². The molecule has 0 aromatic heterocycles. The first kappa shape index (κ1) is 23.0. The molecule has 1 heterocycles. The molecule has 168 valence electrons. The molecule has 6 nitrogen and oxygen atoms in total. The predicted molar refractivity (Wildman–Crippen MR) is 119 cm³/mol. The van der Waals surface area contributed by atoms with Gasteiger partial charge in [0.2, 0.25) is 5.91 Å². The summed E-state index contributed by atoms with van der Waals surface area (Å²) in [4.78, 5) is 17.3. The van der Waals surface area contributed by atoms with Crippen LogP contribution in [0.3, 0.4) is 0 Å². The van der Waals surface area contributed by atoms with E-state index in [0.29, 0.717) is 18.0 Å². The van der Waals surface area contributed by atoms with Gasteiger partial charge in [-0.3, -0.25) is 14.6 Å². The third-order valence-corrected chi connectivity index (χ3v) is 5.78. The molecule has 2 aromatic rings. The Bertz CT molecular complexity index is 860. The van der Waals surface area contributed by atoms with E-state index in [9.17, 15) is 9.18 Å². The summed E-state index contributed by atoms with van der Waals surface area (Å²) in [6.07, 6.45) is 0.995. The van der Waals surface area contributed by atoms with Gasteiger partial charge in [-0.05, 0) is 55.3 Å². The van der Waals surface area contributed by atoms with Crippen LogP contribution in [0.5, 0.6) is 11.5 Å². The van der Waals surface area contributed by atoms with Crippen molar-refractivity contribution < 1.29 is 18.7 Å². The van der Waals surface area contributed by atoms with Gasteiger partial charge < -0.3 is 14.8 Å². The zero-order valence-corrected chi connectivity index (χ0v) is 18.6. The lowest BCUT2D eigenvalue weighted by molar-refractivity contribution is -0.126. The van der Waals surface area contributed by atoms with Crippen molar-refractivity contribution in [3.05, 3.63) is 59.4 Å². The molecule has 0 radical (unpaired) electrons. The fourth-order valence-electron chi connectivity index (χ4n) is 3.88. The number of hydrogen-bond acceptors (Lipinski definition) is 5. The number of ether oxygens (including phenoxy) is 2. The number of nitrogens with zero attached hydrogens (tertiary/aromatic N) is 2. The molecule has 1 atom stereocenters. The maximum absolute atomic E-state index is 13.1. The van der Waals surface area contributed by atoms with Crippen molar-refractivity contribution in [2.24, 2.45) is 0 Å². The quantitative estimate of drug-likeness (QED) is 0.699. The normalized spacial score (nSPS) is 16.4. The highest BCUT2D eigenvalue weighted by molar-refractivity contribution is 5.81. The Morgan fingerprint density at radius 1 is 1.00 bits per heavy atom. The molecule has 7 heteroatoms. The Hall–Kier alpha value is -2.64. The van der Waals surface area contributed by atoms with Gasteiger partial charge in [-0.1, -0.05) is 18.2 Å². The van der Waals surface area contributed by atoms with Crippen molar-refractivity contribution in [3.8, 4) is 11.5 Å². The molecule has 0 unspecified atom stereocenters. The minimum absolute atomic E-state index is 0.0155. The summed E-state index contributed by atoms with van der Waals surface area (Å²) < 4.78 is 23.7. The highest BCUT2D eigenvalue weighted by Crippen LogP contribution is 2.27. The van der Waals surface area contributed by atoms with Gasteiger partial charge in [0.25, 0.3) is 0 Å². The molecule has 0 aliphatic carbocycles. The van der Waals surface area contributed by atoms with Crippen LogP contribution in [0.1, 0.15) is 24.5 Å². The van der Waals surface area contributed by atoms with Crippen molar-refractivity contribution in [3.63, 3.8) is 0 Å². The largest absolute Gasteiger partial charge is 0.493 e. The first-order valence-corrected chi connectivity index (χ1v) is 10.7. The second-order valence-electron chi connectivity index (χ2n) is 7.88. The van der Waals surface area contributed by atoms with Crippen molar-refractivity contribution in [1.29, 1.82) is 0 Å². The lowest BCUT2D eigenvalue weighted by Gasteiger charge is -2.27. The fraction of sp³-hybridized carbons (Fsp3) is 0.458. The van der Waals surface area contributed by atoms with Gasteiger partial charge in [-0.15, -0.1) is 0 Å². The van der Waals surface area contributed by atoms with E-state index in [1.165, 1.54) is 12.1 Å². The molecular formula is C24H32FN3O3. The number of carbonyl (C=O) groups excluding carboxylic acids is 1. The van der Waals surface area contributed by atoms with Gasteiger partial charge in [0, 0.05) is 32.7 Å². The van der Waals surface area contributed by atoms with E-state index in [4.69, 9.17) is 9.47 Å². The maximum atomic E-state index is 13.1. The Kier molecular flexibility index (Phi) is 8.26. The van der Waals surface area contributed by atoms with E-state index < -0.39 is 0 Å². The molecule has 1 N–H and O–H groups in total. The Morgan fingerprint density at radius 3 is 2.42 bits per heavy atom. The molecule has 0 bridgehead atoms. The topological polar surface area (TPSA) is 54.0 Å². The summed E-state index contributed by atoms with van der Waals surface area (Å²) in [6, 6.07) is 12.1. The Morgan fingerprint density at radius 2 is 1.71 bits per heavy atom. The predicted octanol–water partition coefficient (Wildman–Crippen LogP) is 3.06. The van der Waals surface area contributed by atoms with Crippen molar-refractivity contribution >= 4 is 5.91 Å². The second kappa shape index (κ2) is 11.1. The lowest BCUT2D eigenvalue weighted by atomic mass is 10.2. The van der Waals surface area contributed by atoms with Crippen LogP contribution in [0.15, 0.2) is 42.5 Å². The van der Waals surface area contributed by atoms with E-state index in [-0.39, 0.29) is 17.8 Å². The average Bonchev–Trinajstić information content (AvgIpc) is 3.03. The van der Waals surface area contributed by atoms with Gasteiger partial charge >= 0.3 is 0 Å².